The highest BCUT2D eigenvalue weighted by molar-refractivity contribution is 5.95. The zero-order valence-electron chi connectivity index (χ0n) is 13.7. The van der Waals surface area contributed by atoms with E-state index < -0.39 is 0 Å². The van der Waals surface area contributed by atoms with E-state index in [4.69, 9.17) is 0 Å². The normalized spacial score (nSPS) is 17.3. The number of nitrogens with one attached hydrogen (secondary N) is 1. The maximum Gasteiger partial charge on any atom is 0.253 e. The first-order valence-corrected chi connectivity index (χ1v) is 8.40. The Morgan fingerprint density at radius 3 is 2.77 bits per heavy atom. The fraction of sp³-hybridized carbons (Fsp3) is 0.611. The highest BCUT2D eigenvalue weighted by Crippen LogP contribution is 2.20. The summed E-state index contributed by atoms with van der Waals surface area (Å²) in [5, 5.41) is 12.6. The van der Waals surface area contributed by atoms with Gasteiger partial charge in [0.05, 0.1) is 0 Å². The van der Waals surface area contributed by atoms with Crippen LogP contribution in [0.1, 0.15) is 49.9 Å². The molecule has 1 aliphatic heterocycles. The van der Waals surface area contributed by atoms with E-state index in [-0.39, 0.29) is 12.5 Å². The Kier molecular flexibility index (Phi) is 6.25. The summed E-state index contributed by atoms with van der Waals surface area (Å²) in [4.78, 5) is 14.5. The van der Waals surface area contributed by atoms with Gasteiger partial charge in [-0.05, 0) is 50.3 Å². The van der Waals surface area contributed by atoms with Crippen molar-refractivity contribution in [3.63, 3.8) is 0 Å². The van der Waals surface area contributed by atoms with Crippen LogP contribution in [-0.2, 0) is 0 Å². The lowest BCUT2D eigenvalue weighted by Crippen LogP contribution is -2.39. The Morgan fingerprint density at radius 2 is 2.14 bits per heavy atom. The second-order valence-corrected chi connectivity index (χ2v) is 6.33. The van der Waals surface area contributed by atoms with E-state index in [2.05, 4.69) is 19.2 Å². The molecule has 4 nitrogen and oxygen atoms in total. The van der Waals surface area contributed by atoms with Crippen molar-refractivity contribution in [3.8, 4) is 0 Å². The molecule has 1 unspecified atom stereocenters. The molecule has 1 atom stereocenters. The molecule has 0 bridgehead atoms. The number of carbonyl (C=O) groups excluding carboxylic acids is 1. The van der Waals surface area contributed by atoms with Gasteiger partial charge in [0.1, 0.15) is 0 Å². The third-order valence-electron chi connectivity index (χ3n) is 4.40. The van der Waals surface area contributed by atoms with Crippen LogP contribution in [0, 0.1) is 5.92 Å². The molecule has 1 aromatic carbocycles. The summed E-state index contributed by atoms with van der Waals surface area (Å²) < 4.78 is 0. The molecule has 1 fully saturated rings. The molecule has 122 valence electrons. The second kappa shape index (κ2) is 8.18. The Bertz CT molecular complexity index is 482. The number of anilines is 1. The van der Waals surface area contributed by atoms with E-state index >= 15 is 0 Å². The summed E-state index contributed by atoms with van der Waals surface area (Å²) in [6.45, 7) is 6.06. The van der Waals surface area contributed by atoms with Crippen molar-refractivity contribution in [3.05, 3.63) is 29.8 Å². The zero-order chi connectivity index (χ0) is 15.9. The maximum atomic E-state index is 12.6. The van der Waals surface area contributed by atoms with Gasteiger partial charge in [0, 0.05) is 37.0 Å². The van der Waals surface area contributed by atoms with Gasteiger partial charge in [0.2, 0.25) is 0 Å². The van der Waals surface area contributed by atoms with E-state index in [1.165, 1.54) is 0 Å². The van der Waals surface area contributed by atoms with Gasteiger partial charge >= 0.3 is 0 Å². The van der Waals surface area contributed by atoms with E-state index in [1.807, 2.05) is 29.2 Å². The SMILES string of the molecule is CCCC(C)Nc1cccc(C(=O)N2CCC(CO)CC2)c1. The average Bonchev–Trinajstić information content (AvgIpc) is 2.54. The van der Waals surface area contributed by atoms with Crippen LogP contribution in [0.3, 0.4) is 0 Å². The van der Waals surface area contributed by atoms with Gasteiger partial charge in [-0.15, -0.1) is 0 Å². The van der Waals surface area contributed by atoms with Crippen molar-refractivity contribution in [1.82, 2.24) is 4.90 Å². The summed E-state index contributed by atoms with van der Waals surface area (Å²) in [6.07, 6.45) is 4.06. The number of piperidine rings is 1. The van der Waals surface area contributed by atoms with E-state index in [0.717, 1.165) is 50.0 Å². The molecule has 0 radical (unpaired) electrons. The molecule has 0 saturated carbocycles. The molecular weight excluding hydrogens is 276 g/mol. The predicted molar refractivity (Wildman–Crippen MR) is 90.1 cm³/mol. The Morgan fingerprint density at radius 1 is 1.41 bits per heavy atom. The number of carbonyl (C=O) groups is 1. The quantitative estimate of drug-likeness (QED) is 0.849. The highest BCUT2D eigenvalue weighted by atomic mass is 16.3. The topological polar surface area (TPSA) is 52.6 Å². The Balaban J connectivity index is 1.98. The Hall–Kier alpha value is -1.55. The lowest BCUT2D eigenvalue weighted by molar-refractivity contribution is 0.0651. The molecule has 1 aliphatic rings. The first kappa shape index (κ1) is 16.8. The Labute approximate surface area is 133 Å². The third-order valence-corrected chi connectivity index (χ3v) is 4.40. The van der Waals surface area contributed by atoms with E-state index in [9.17, 15) is 9.90 Å². The molecule has 0 aliphatic carbocycles. The van der Waals surface area contributed by atoms with Crippen LogP contribution in [0.4, 0.5) is 5.69 Å². The summed E-state index contributed by atoms with van der Waals surface area (Å²) >= 11 is 0. The van der Waals surface area contributed by atoms with Gasteiger partial charge in [0.25, 0.3) is 5.91 Å². The minimum Gasteiger partial charge on any atom is -0.396 e. The molecular formula is C18H28N2O2. The molecule has 1 saturated heterocycles. The van der Waals surface area contributed by atoms with Crippen LogP contribution < -0.4 is 5.32 Å². The molecule has 1 heterocycles. The molecule has 1 aromatic rings. The minimum atomic E-state index is 0.100. The number of nitrogens with zero attached hydrogens (tertiary/aromatic N) is 1. The zero-order valence-corrected chi connectivity index (χ0v) is 13.7. The summed E-state index contributed by atoms with van der Waals surface area (Å²) in [6, 6.07) is 8.20. The summed E-state index contributed by atoms with van der Waals surface area (Å²) in [7, 11) is 0. The number of hydrogen-bond donors (Lipinski definition) is 2. The number of benzene rings is 1. The smallest absolute Gasteiger partial charge is 0.253 e. The van der Waals surface area contributed by atoms with Gasteiger partial charge in [-0.25, -0.2) is 0 Å². The number of aliphatic hydroxyl groups is 1. The first-order valence-electron chi connectivity index (χ1n) is 8.40. The monoisotopic (exact) mass is 304 g/mol. The van der Waals surface area contributed by atoms with Crippen LogP contribution in [0.5, 0.6) is 0 Å². The minimum absolute atomic E-state index is 0.100. The van der Waals surface area contributed by atoms with Crippen molar-refractivity contribution in [1.29, 1.82) is 0 Å². The van der Waals surface area contributed by atoms with Gasteiger partial charge in [0.15, 0.2) is 0 Å². The van der Waals surface area contributed by atoms with Crippen molar-refractivity contribution in [2.24, 2.45) is 5.92 Å². The first-order chi connectivity index (χ1) is 10.6. The maximum absolute atomic E-state index is 12.6. The van der Waals surface area contributed by atoms with Crippen LogP contribution in [0.15, 0.2) is 24.3 Å². The molecule has 4 heteroatoms. The van der Waals surface area contributed by atoms with Crippen molar-refractivity contribution in [2.45, 2.75) is 45.6 Å². The fourth-order valence-corrected chi connectivity index (χ4v) is 3.03. The number of hydrogen-bond acceptors (Lipinski definition) is 3. The molecule has 0 aromatic heterocycles. The van der Waals surface area contributed by atoms with E-state index in [1.54, 1.807) is 0 Å². The number of likely N-dealkylation sites (tertiary alicyclic amines) is 1. The van der Waals surface area contributed by atoms with Gasteiger partial charge in [-0.1, -0.05) is 19.4 Å². The third kappa shape index (κ3) is 4.47. The van der Waals surface area contributed by atoms with Crippen molar-refractivity contribution < 1.29 is 9.90 Å². The van der Waals surface area contributed by atoms with E-state index in [0.29, 0.717) is 12.0 Å². The lowest BCUT2D eigenvalue weighted by Gasteiger charge is -2.31. The van der Waals surface area contributed by atoms with Gasteiger partial charge in [-0.3, -0.25) is 4.79 Å². The van der Waals surface area contributed by atoms with Crippen molar-refractivity contribution >= 4 is 11.6 Å². The largest absolute Gasteiger partial charge is 0.396 e. The number of amides is 1. The summed E-state index contributed by atoms with van der Waals surface area (Å²) in [5.41, 5.74) is 1.76. The van der Waals surface area contributed by atoms with Crippen LogP contribution >= 0.6 is 0 Å². The fourth-order valence-electron chi connectivity index (χ4n) is 3.03. The molecule has 2 rings (SSSR count). The average molecular weight is 304 g/mol. The van der Waals surface area contributed by atoms with Crippen LogP contribution in [0.25, 0.3) is 0 Å². The molecule has 2 N–H and O–H groups in total. The number of aliphatic hydroxyl groups excluding tert-OH is 1. The highest BCUT2D eigenvalue weighted by Gasteiger charge is 2.23. The van der Waals surface area contributed by atoms with Gasteiger partial charge < -0.3 is 15.3 Å². The van der Waals surface area contributed by atoms with Crippen molar-refractivity contribution in [2.75, 3.05) is 25.0 Å². The molecule has 1 amide bonds. The summed E-state index contributed by atoms with van der Waals surface area (Å²) in [5.74, 6) is 0.454. The second-order valence-electron chi connectivity index (χ2n) is 6.33. The predicted octanol–water partition coefficient (Wildman–Crippen LogP) is 3.13. The molecule has 22 heavy (non-hydrogen) atoms. The molecule has 0 spiro atoms. The van der Waals surface area contributed by atoms with Gasteiger partial charge in [-0.2, -0.15) is 0 Å². The lowest BCUT2D eigenvalue weighted by atomic mass is 9.97. The standard InChI is InChI=1S/C18H28N2O2/c1-3-5-14(2)19-17-7-4-6-16(12-17)18(22)20-10-8-15(13-21)9-11-20/h4,6-7,12,14-15,19,21H,3,5,8-11,13H2,1-2H3. The number of rotatable bonds is 6. The van der Waals surface area contributed by atoms with Crippen LogP contribution in [0.2, 0.25) is 0 Å². The van der Waals surface area contributed by atoms with Crippen LogP contribution in [-0.4, -0.2) is 41.7 Å².